The van der Waals surface area contributed by atoms with E-state index in [0.29, 0.717) is 11.6 Å². The van der Waals surface area contributed by atoms with Gasteiger partial charge < -0.3 is 10.6 Å². The van der Waals surface area contributed by atoms with Gasteiger partial charge in [-0.15, -0.1) is 0 Å². The average Bonchev–Trinajstić information content (AvgIpc) is 2.43. The Morgan fingerprint density at radius 3 is 2.63 bits per heavy atom. The van der Waals surface area contributed by atoms with Crippen LogP contribution < -0.4 is 10.6 Å². The van der Waals surface area contributed by atoms with Gasteiger partial charge in [0.1, 0.15) is 0 Å². The fourth-order valence-corrected chi connectivity index (χ4v) is 3.41. The number of benzene rings is 1. The summed E-state index contributed by atoms with van der Waals surface area (Å²) >= 11 is 7.81. The van der Waals surface area contributed by atoms with Crippen LogP contribution >= 0.6 is 23.4 Å². The number of carbonyl (C=O) groups excluding carboxylic acids is 1. The third kappa shape index (κ3) is 5.43. The van der Waals surface area contributed by atoms with Crippen molar-refractivity contribution in [2.24, 2.45) is 5.92 Å². The molecule has 0 radical (unpaired) electrons. The average molecular weight is 299 g/mol. The molecule has 0 saturated carbocycles. The lowest BCUT2D eigenvalue weighted by atomic mass is 10.0. The van der Waals surface area contributed by atoms with Crippen LogP contribution in [0.25, 0.3) is 0 Å². The van der Waals surface area contributed by atoms with Gasteiger partial charge in [-0.05, 0) is 61.1 Å². The topological polar surface area (TPSA) is 41.1 Å². The van der Waals surface area contributed by atoms with Crippen molar-refractivity contribution in [3.05, 3.63) is 29.3 Å². The highest BCUT2D eigenvalue weighted by Gasteiger charge is 2.13. The van der Waals surface area contributed by atoms with Gasteiger partial charge in [0.05, 0.1) is 6.54 Å². The molecule has 0 atom stereocenters. The van der Waals surface area contributed by atoms with E-state index in [4.69, 9.17) is 11.6 Å². The lowest BCUT2D eigenvalue weighted by Gasteiger charge is -2.21. The maximum atomic E-state index is 11.7. The first-order valence-corrected chi connectivity index (χ1v) is 8.11. The molecule has 1 heterocycles. The Balaban J connectivity index is 1.65. The number of anilines is 1. The molecule has 5 heteroatoms. The van der Waals surface area contributed by atoms with Crippen LogP contribution in [0.15, 0.2) is 24.3 Å². The molecular weight excluding hydrogens is 280 g/mol. The van der Waals surface area contributed by atoms with Crippen molar-refractivity contribution in [3.8, 4) is 0 Å². The Hall–Kier alpha value is -0.710. The molecule has 1 fully saturated rings. The van der Waals surface area contributed by atoms with Gasteiger partial charge in [0, 0.05) is 10.7 Å². The van der Waals surface area contributed by atoms with E-state index in [1.54, 1.807) is 24.3 Å². The zero-order valence-electron chi connectivity index (χ0n) is 10.8. The second kappa shape index (κ2) is 7.78. The van der Waals surface area contributed by atoms with Crippen LogP contribution in [0.5, 0.6) is 0 Å². The first-order valence-electron chi connectivity index (χ1n) is 6.58. The molecule has 0 bridgehead atoms. The number of hydrogen-bond donors (Lipinski definition) is 2. The first kappa shape index (κ1) is 14.7. The minimum atomic E-state index is -0.00694. The summed E-state index contributed by atoms with van der Waals surface area (Å²) in [5.74, 6) is 3.23. The molecule has 1 saturated heterocycles. The summed E-state index contributed by atoms with van der Waals surface area (Å²) in [4.78, 5) is 11.7. The Labute approximate surface area is 123 Å². The normalized spacial score (nSPS) is 16.3. The number of carbonyl (C=O) groups is 1. The number of hydrogen-bond acceptors (Lipinski definition) is 3. The molecule has 0 unspecified atom stereocenters. The second-order valence-electron chi connectivity index (χ2n) is 4.74. The molecule has 2 rings (SSSR count). The highest BCUT2D eigenvalue weighted by molar-refractivity contribution is 7.99. The zero-order chi connectivity index (χ0) is 13.5. The van der Waals surface area contributed by atoms with Crippen LogP contribution in [0.1, 0.15) is 12.8 Å². The molecule has 2 N–H and O–H groups in total. The summed E-state index contributed by atoms with van der Waals surface area (Å²) in [6.07, 6.45) is 2.52. The van der Waals surface area contributed by atoms with Crippen LogP contribution in [-0.4, -0.2) is 30.5 Å². The quantitative estimate of drug-likeness (QED) is 0.878. The number of halogens is 1. The minimum Gasteiger partial charge on any atom is -0.325 e. The van der Waals surface area contributed by atoms with E-state index in [2.05, 4.69) is 10.6 Å². The number of amides is 1. The van der Waals surface area contributed by atoms with Crippen LogP contribution in [0.2, 0.25) is 5.02 Å². The van der Waals surface area contributed by atoms with Gasteiger partial charge in [-0.1, -0.05) is 11.6 Å². The monoisotopic (exact) mass is 298 g/mol. The molecule has 1 aromatic carbocycles. The minimum absolute atomic E-state index is 0.00694. The van der Waals surface area contributed by atoms with Crippen LogP contribution in [0, 0.1) is 5.92 Å². The molecule has 1 amide bonds. The number of nitrogens with one attached hydrogen (secondary N) is 2. The van der Waals surface area contributed by atoms with Crippen molar-refractivity contribution < 1.29 is 4.79 Å². The first-order chi connectivity index (χ1) is 9.24. The second-order valence-corrected chi connectivity index (χ2v) is 6.40. The van der Waals surface area contributed by atoms with E-state index < -0.39 is 0 Å². The van der Waals surface area contributed by atoms with E-state index in [1.807, 2.05) is 11.8 Å². The van der Waals surface area contributed by atoms with Crippen LogP contribution in [0.4, 0.5) is 5.69 Å². The molecule has 1 aliphatic rings. The Morgan fingerprint density at radius 2 is 1.95 bits per heavy atom. The Kier molecular flexibility index (Phi) is 6.01. The Morgan fingerprint density at radius 1 is 1.26 bits per heavy atom. The van der Waals surface area contributed by atoms with Gasteiger partial charge in [-0.25, -0.2) is 0 Å². The molecular formula is C14H19ClN2OS. The third-order valence-corrected chi connectivity index (χ3v) is 4.49. The largest absolute Gasteiger partial charge is 0.325 e. The molecule has 3 nitrogen and oxygen atoms in total. The number of thioether (sulfide) groups is 1. The third-order valence-electron chi connectivity index (χ3n) is 3.19. The Bertz CT molecular complexity index is 404. The number of rotatable bonds is 5. The van der Waals surface area contributed by atoms with Crippen molar-refractivity contribution >= 4 is 35.0 Å². The summed E-state index contributed by atoms with van der Waals surface area (Å²) in [5, 5.41) is 6.75. The standard InChI is InChI=1S/C14H19ClN2OS/c15-12-1-3-13(4-2-12)17-14(18)10-16-9-11-5-7-19-8-6-11/h1-4,11,16H,5-10H2,(H,17,18). The predicted octanol–water partition coefficient (Wildman–Crippen LogP) is 3.01. The summed E-state index contributed by atoms with van der Waals surface area (Å²) in [5.41, 5.74) is 0.783. The van der Waals surface area contributed by atoms with Crippen LogP contribution in [-0.2, 0) is 4.79 Å². The van der Waals surface area contributed by atoms with Crippen molar-refractivity contribution in [1.29, 1.82) is 0 Å². The summed E-state index contributed by atoms with van der Waals surface area (Å²) < 4.78 is 0. The van der Waals surface area contributed by atoms with Crippen molar-refractivity contribution in [2.45, 2.75) is 12.8 Å². The highest BCUT2D eigenvalue weighted by Crippen LogP contribution is 2.21. The fraction of sp³-hybridized carbons (Fsp3) is 0.500. The maximum Gasteiger partial charge on any atom is 0.238 e. The fourth-order valence-electron chi connectivity index (χ4n) is 2.08. The molecule has 19 heavy (non-hydrogen) atoms. The van der Waals surface area contributed by atoms with Crippen LogP contribution in [0.3, 0.4) is 0 Å². The molecule has 0 spiro atoms. The van der Waals surface area contributed by atoms with E-state index in [1.165, 1.54) is 24.3 Å². The summed E-state index contributed by atoms with van der Waals surface area (Å²) in [6, 6.07) is 7.14. The van der Waals surface area contributed by atoms with Gasteiger partial charge in [0.2, 0.25) is 5.91 Å². The zero-order valence-corrected chi connectivity index (χ0v) is 12.4. The van der Waals surface area contributed by atoms with Gasteiger partial charge >= 0.3 is 0 Å². The maximum absolute atomic E-state index is 11.7. The summed E-state index contributed by atoms with van der Waals surface area (Å²) in [7, 11) is 0. The van der Waals surface area contributed by atoms with Crippen molar-refractivity contribution in [3.63, 3.8) is 0 Å². The highest BCUT2D eigenvalue weighted by atomic mass is 35.5. The SMILES string of the molecule is O=C(CNCC1CCSCC1)Nc1ccc(Cl)cc1. The molecule has 1 aliphatic heterocycles. The lowest BCUT2D eigenvalue weighted by molar-refractivity contribution is -0.115. The smallest absolute Gasteiger partial charge is 0.238 e. The summed E-state index contributed by atoms with van der Waals surface area (Å²) in [6.45, 7) is 1.31. The van der Waals surface area contributed by atoms with E-state index in [0.717, 1.165) is 18.2 Å². The van der Waals surface area contributed by atoms with E-state index in [-0.39, 0.29) is 5.91 Å². The van der Waals surface area contributed by atoms with Crippen molar-refractivity contribution in [1.82, 2.24) is 5.32 Å². The predicted molar refractivity (Wildman–Crippen MR) is 83.0 cm³/mol. The molecule has 104 valence electrons. The van der Waals surface area contributed by atoms with Crippen molar-refractivity contribution in [2.75, 3.05) is 29.9 Å². The van der Waals surface area contributed by atoms with E-state index in [9.17, 15) is 4.79 Å². The van der Waals surface area contributed by atoms with Gasteiger partial charge in [0.25, 0.3) is 0 Å². The van der Waals surface area contributed by atoms with E-state index >= 15 is 0 Å². The van der Waals surface area contributed by atoms with Gasteiger partial charge in [0.15, 0.2) is 0 Å². The molecule has 0 aromatic heterocycles. The molecule has 1 aromatic rings. The molecule has 0 aliphatic carbocycles. The van der Waals surface area contributed by atoms with Gasteiger partial charge in [-0.2, -0.15) is 11.8 Å². The lowest BCUT2D eigenvalue weighted by Crippen LogP contribution is -2.32. The van der Waals surface area contributed by atoms with Gasteiger partial charge in [-0.3, -0.25) is 4.79 Å².